The van der Waals surface area contributed by atoms with Crippen molar-refractivity contribution >= 4 is 55.7 Å². The first kappa shape index (κ1) is 22.4. The van der Waals surface area contributed by atoms with Crippen LogP contribution in [-0.2, 0) is 17.9 Å². The molecule has 0 aliphatic carbocycles. The van der Waals surface area contributed by atoms with Gasteiger partial charge in [0.15, 0.2) is 0 Å². The van der Waals surface area contributed by atoms with E-state index < -0.39 is 0 Å². The molecule has 0 spiro atoms. The van der Waals surface area contributed by atoms with E-state index in [0.29, 0.717) is 17.3 Å². The van der Waals surface area contributed by atoms with Gasteiger partial charge in [0.2, 0.25) is 0 Å². The molecule has 4 aromatic carbocycles. The van der Waals surface area contributed by atoms with E-state index in [-0.39, 0.29) is 17.7 Å². The number of halogens is 1. The minimum absolute atomic E-state index is 0.225. The summed E-state index contributed by atoms with van der Waals surface area (Å²) in [6.07, 6.45) is 1.74. The molecule has 0 radical (unpaired) electrons. The van der Waals surface area contributed by atoms with Crippen molar-refractivity contribution in [2.75, 3.05) is 0 Å². The number of rotatable bonds is 6. The first-order valence-corrected chi connectivity index (χ1v) is 12.4. The molecule has 4 nitrogen and oxygen atoms in total. The van der Waals surface area contributed by atoms with Crippen molar-refractivity contribution in [2.24, 2.45) is 0 Å². The number of amides is 2. The zero-order valence-electron chi connectivity index (χ0n) is 18.1. The number of benzene rings is 4. The minimum atomic E-state index is -0.297. The lowest BCUT2D eigenvalue weighted by Gasteiger charge is -2.13. The number of para-hydroxylation sites is 1. The van der Waals surface area contributed by atoms with E-state index >= 15 is 0 Å². The molecule has 1 saturated heterocycles. The highest BCUT2D eigenvalue weighted by Crippen LogP contribution is 2.35. The summed E-state index contributed by atoms with van der Waals surface area (Å²) in [5.41, 5.74) is 2.72. The summed E-state index contributed by atoms with van der Waals surface area (Å²) in [6.45, 7) is 0.623. The van der Waals surface area contributed by atoms with Gasteiger partial charge < -0.3 is 4.74 Å². The molecule has 0 atom stereocenters. The monoisotopic (exact) mass is 529 g/mol. The highest BCUT2D eigenvalue weighted by molar-refractivity contribution is 9.10. The number of carbonyl (C=O) groups is 2. The fourth-order valence-corrected chi connectivity index (χ4v) is 5.12. The van der Waals surface area contributed by atoms with Gasteiger partial charge in [0.05, 0.1) is 11.4 Å². The van der Waals surface area contributed by atoms with Crippen LogP contribution in [0.25, 0.3) is 16.8 Å². The van der Waals surface area contributed by atoms with Crippen LogP contribution in [0.2, 0.25) is 0 Å². The summed E-state index contributed by atoms with van der Waals surface area (Å²) in [7, 11) is 0. The maximum absolute atomic E-state index is 13.0. The third-order valence-corrected chi connectivity index (χ3v) is 7.31. The van der Waals surface area contributed by atoms with Crippen molar-refractivity contribution < 1.29 is 14.3 Å². The molecular weight excluding hydrogens is 510 g/mol. The molecule has 34 heavy (non-hydrogen) atoms. The summed E-state index contributed by atoms with van der Waals surface area (Å²) in [6, 6.07) is 29.5. The first-order chi connectivity index (χ1) is 16.6. The van der Waals surface area contributed by atoms with E-state index in [0.717, 1.165) is 43.7 Å². The number of nitrogens with zero attached hydrogens (tertiary/aromatic N) is 1. The van der Waals surface area contributed by atoms with Gasteiger partial charge >= 0.3 is 0 Å². The minimum Gasteiger partial charge on any atom is -0.488 e. The van der Waals surface area contributed by atoms with Gasteiger partial charge in [-0.1, -0.05) is 94.8 Å². The molecule has 0 N–H and O–H groups in total. The Morgan fingerprint density at radius 2 is 1.53 bits per heavy atom. The highest BCUT2D eigenvalue weighted by Gasteiger charge is 2.35. The molecule has 2 amide bonds. The second kappa shape index (κ2) is 9.87. The lowest BCUT2D eigenvalue weighted by atomic mass is 10.1. The van der Waals surface area contributed by atoms with E-state index in [2.05, 4.69) is 40.2 Å². The highest BCUT2D eigenvalue weighted by atomic mass is 79.9. The standard InChI is InChI=1S/C28H20BrNO3S/c29-24-14-5-2-10-21(24)17-30-27(31)26(34-28(30)32)16-20-9-3-6-15-25(20)33-18-22-12-7-11-19-8-1-4-13-23(19)22/h1-16H,17-18H2/b26-16-. The van der Waals surface area contributed by atoms with Gasteiger partial charge in [0, 0.05) is 10.0 Å². The smallest absolute Gasteiger partial charge is 0.293 e. The van der Waals surface area contributed by atoms with Crippen LogP contribution < -0.4 is 4.74 Å². The summed E-state index contributed by atoms with van der Waals surface area (Å²) in [5, 5.41) is 2.03. The van der Waals surface area contributed by atoms with Gasteiger partial charge in [-0.05, 0) is 51.9 Å². The van der Waals surface area contributed by atoms with Crippen molar-refractivity contribution in [1.82, 2.24) is 4.90 Å². The lowest BCUT2D eigenvalue weighted by molar-refractivity contribution is -0.123. The van der Waals surface area contributed by atoms with Gasteiger partial charge in [-0.25, -0.2) is 0 Å². The van der Waals surface area contributed by atoms with E-state index in [1.165, 1.54) is 4.90 Å². The van der Waals surface area contributed by atoms with Crippen LogP contribution in [-0.4, -0.2) is 16.0 Å². The predicted octanol–water partition coefficient (Wildman–Crippen LogP) is 7.42. The molecule has 0 bridgehead atoms. The van der Waals surface area contributed by atoms with Gasteiger partial charge in [-0.2, -0.15) is 0 Å². The Morgan fingerprint density at radius 1 is 0.824 bits per heavy atom. The average molecular weight is 530 g/mol. The summed E-state index contributed by atoms with van der Waals surface area (Å²) < 4.78 is 7.04. The Kier molecular flexibility index (Phi) is 6.52. The number of hydrogen-bond donors (Lipinski definition) is 0. The van der Waals surface area contributed by atoms with Crippen molar-refractivity contribution in [3.05, 3.63) is 117 Å². The third kappa shape index (κ3) is 4.65. The molecule has 168 valence electrons. The summed E-state index contributed by atoms with van der Waals surface area (Å²) in [5.74, 6) is 0.364. The van der Waals surface area contributed by atoms with Crippen LogP contribution in [0.15, 0.2) is 100 Å². The zero-order chi connectivity index (χ0) is 23.5. The van der Waals surface area contributed by atoms with Crippen LogP contribution in [0.4, 0.5) is 4.79 Å². The number of thioether (sulfide) groups is 1. The number of carbonyl (C=O) groups excluding carboxylic acids is 2. The van der Waals surface area contributed by atoms with Gasteiger partial charge in [0.1, 0.15) is 12.4 Å². The molecule has 0 unspecified atom stereocenters. The number of imide groups is 1. The molecule has 4 aromatic rings. The van der Waals surface area contributed by atoms with Crippen molar-refractivity contribution in [1.29, 1.82) is 0 Å². The summed E-state index contributed by atoms with van der Waals surface area (Å²) >= 11 is 4.44. The van der Waals surface area contributed by atoms with Gasteiger partial charge in [-0.15, -0.1) is 0 Å². The fraction of sp³-hybridized carbons (Fsp3) is 0.0714. The Hall–Kier alpha value is -3.35. The summed E-state index contributed by atoms with van der Waals surface area (Å²) in [4.78, 5) is 27.3. The van der Waals surface area contributed by atoms with Crippen LogP contribution in [0.5, 0.6) is 5.75 Å². The second-order valence-electron chi connectivity index (χ2n) is 7.82. The van der Waals surface area contributed by atoms with Crippen LogP contribution >= 0.6 is 27.7 Å². The zero-order valence-corrected chi connectivity index (χ0v) is 20.5. The maximum Gasteiger partial charge on any atom is 0.293 e. The fourth-order valence-electron chi connectivity index (χ4n) is 3.88. The average Bonchev–Trinajstić information content (AvgIpc) is 3.12. The largest absolute Gasteiger partial charge is 0.488 e. The quantitative estimate of drug-likeness (QED) is 0.244. The van der Waals surface area contributed by atoms with Gasteiger partial charge in [-0.3, -0.25) is 14.5 Å². The lowest BCUT2D eigenvalue weighted by Crippen LogP contribution is -2.27. The van der Waals surface area contributed by atoms with Crippen LogP contribution in [0.3, 0.4) is 0 Å². The van der Waals surface area contributed by atoms with Gasteiger partial charge in [0.25, 0.3) is 11.1 Å². The van der Waals surface area contributed by atoms with Crippen molar-refractivity contribution in [3.63, 3.8) is 0 Å². The topological polar surface area (TPSA) is 46.6 Å². The number of hydrogen-bond acceptors (Lipinski definition) is 4. The molecule has 1 heterocycles. The SMILES string of the molecule is O=C1S/C(=C\c2ccccc2OCc2cccc3ccccc23)C(=O)N1Cc1ccccc1Br. The van der Waals surface area contributed by atoms with E-state index in [4.69, 9.17) is 4.74 Å². The Morgan fingerprint density at radius 3 is 2.41 bits per heavy atom. The van der Waals surface area contributed by atoms with Crippen molar-refractivity contribution in [2.45, 2.75) is 13.2 Å². The molecule has 0 saturated carbocycles. The molecule has 1 aliphatic heterocycles. The normalized spacial score (nSPS) is 14.9. The van der Waals surface area contributed by atoms with Crippen LogP contribution in [0, 0.1) is 0 Å². The Bertz CT molecular complexity index is 1430. The number of fused-ring (bicyclic) bond motifs is 1. The van der Waals surface area contributed by atoms with E-state index in [9.17, 15) is 9.59 Å². The van der Waals surface area contributed by atoms with E-state index in [1.54, 1.807) is 6.08 Å². The number of ether oxygens (including phenoxy) is 1. The molecule has 6 heteroatoms. The molecule has 1 aliphatic rings. The molecule has 0 aromatic heterocycles. The maximum atomic E-state index is 13.0. The Labute approximate surface area is 210 Å². The predicted molar refractivity (Wildman–Crippen MR) is 140 cm³/mol. The molecule has 5 rings (SSSR count). The molecular formula is C28H20BrNO3S. The van der Waals surface area contributed by atoms with Crippen molar-refractivity contribution in [3.8, 4) is 5.75 Å². The van der Waals surface area contributed by atoms with E-state index in [1.807, 2.05) is 66.7 Å². The molecule has 1 fully saturated rings. The van der Waals surface area contributed by atoms with Crippen LogP contribution in [0.1, 0.15) is 16.7 Å². The second-order valence-corrected chi connectivity index (χ2v) is 9.67. The Balaban J connectivity index is 1.37. The first-order valence-electron chi connectivity index (χ1n) is 10.8. The third-order valence-electron chi connectivity index (χ3n) is 5.63.